The highest BCUT2D eigenvalue weighted by Gasteiger charge is 2.35. The molecular weight excluding hydrogens is 537 g/mol. The molecule has 2 aliphatic heterocycles. The van der Waals surface area contributed by atoms with Crippen LogP contribution in [0, 0.1) is 5.82 Å². The summed E-state index contributed by atoms with van der Waals surface area (Å²) >= 11 is 4.37. The van der Waals surface area contributed by atoms with Crippen molar-refractivity contribution in [1.82, 2.24) is 14.4 Å². The Balaban J connectivity index is 1.43. The van der Waals surface area contributed by atoms with Gasteiger partial charge >= 0.3 is 0 Å². The van der Waals surface area contributed by atoms with Gasteiger partial charge in [-0.3, -0.25) is 19.3 Å². The number of morpholine rings is 1. The first kappa shape index (κ1) is 23.8. The minimum atomic E-state index is -0.399. The molecule has 0 spiro atoms. The summed E-state index contributed by atoms with van der Waals surface area (Å²) in [6.45, 7) is 2.44. The van der Waals surface area contributed by atoms with Crippen molar-refractivity contribution >= 4 is 61.7 Å². The van der Waals surface area contributed by atoms with E-state index in [0.717, 1.165) is 37.6 Å². The summed E-state index contributed by atoms with van der Waals surface area (Å²) in [6.07, 6.45) is 3.53. The van der Waals surface area contributed by atoms with Crippen molar-refractivity contribution in [2.24, 2.45) is 0 Å². The van der Waals surface area contributed by atoms with Gasteiger partial charge in [-0.25, -0.2) is 4.39 Å². The second-order valence-corrected chi connectivity index (χ2v) is 10.2. The van der Waals surface area contributed by atoms with Crippen LogP contribution in [0.4, 0.5) is 9.18 Å². The van der Waals surface area contributed by atoms with E-state index in [0.29, 0.717) is 36.8 Å². The van der Waals surface area contributed by atoms with Crippen LogP contribution in [0.2, 0.25) is 0 Å². The second kappa shape index (κ2) is 9.96. The van der Waals surface area contributed by atoms with Crippen molar-refractivity contribution in [2.45, 2.75) is 13.1 Å². The van der Waals surface area contributed by atoms with E-state index < -0.39 is 5.91 Å². The number of thioether (sulfide) groups is 1. The van der Waals surface area contributed by atoms with Gasteiger partial charge in [-0.1, -0.05) is 28.1 Å². The Hall–Kier alpha value is -2.95. The molecule has 0 aliphatic carbocycles. The second-order valence-electron chi connectivity index (χ2n) is 8.26. The summed E-state index contributed by atoms with van der Waals surface area (Å²) in [5.41, 5.74) is 2.26. The third-order valence-corrected chi connectivity index (χ3v) is 7.36. The number of hydrogen-bond acceptors (Lipinski definition) is 5. The maximum Gasteiger partial charge on any atom is 0.293 e. The van der Waals surface area contributed by atoms with Gasteiger partial charge in [-0.2, -0.15) is 0 Å². The monoisotopic (exact) mass is 557 g/mol. The average Bonchev–Trinajstić information content (AvgIpc) is 3.32. The molecule has 35 heavy (non-hydrogen) atoms. The standard InChI is InChI=1S/C25H21BrFN3O4S/c26-18-3-6-21-20(12-18)17(14-29(21)15-23(31)28-7-9-34-10-8-28)11-22-24(32)30(25(33)35-22)13-16-1-4-19(27)5-2-16/h1-6,11-12,14H,7-10,13,15H2/b22-11-. The lowest BCUT2D eigenvalue weighted by molar-refractivity contribution is -0.135. The quantitative estimate of drug-likeness (QED) is 0.427. The molecule has 10 heteroatoms. The number of imide groups is 1. The first-order valence-corrected chi connectivity index (χ1v) is 12.6. The number of carbonyl (C=O) groups is 3. The zero-order chi connectivity index (χ0) is 24.5. The van der Waals surface area contributed by atoms with Crippen LogP contribution in [0.25, 0.3) is 17.0 Å². The number of hydrogen-bond donors (Lipinski definition) is 0. The zero-order valence-corrected chi connectivity index (χ0v) is 21.0. The molecule has 0 unspecified atom stereocenters. The lowest BCUT2D eigenvalue weighted by Gasteiger charge is -2.27. The normalized spacial score (nSPS) is 17.7. The number of rotatable bonds is 5. The van der Waals surface area contributed by atoms with E-state index in [1.54, 1.807) is 23.1 Å². The van der Waals surface area contributed by atoms with Gasteiger partial charge in [0.2, 0.25) is 5.91 Å². The number of ether oxygens (including phenoxy) is 1. The molecule has 2 fully saturated rings. The Morgan fingerprint density at radius 2 is 1.86 bits per heavy atom. The summed E-state index contributed by atoms with van der Waals surface area (Å²) in [5.74, 6) is -0.777. The molecule has 0 atom stereocenters. The van der Waals surface area contributed by atoms with Crippen LogP contribution in [-0.2, 0) is 27.4 Å². The van der Waals surface area contributed by atoms with Gasteiger partial charge in [0.05, 0.1) is 24.7 Å². The third kappa shape index (κ3) is 5.05. The van der Waals surface area contributed by atoms with Gasteiger partial charge in [0.25, 0.3) is 11.1 Å². The molecule has 3 amide bonds. The highest BCUT2D eigenvalue weighted by Crippen LogP contribution is 2.35. The maximum atomic E-state index is 13.2. The molecule has 2 aromatic carbocycles. The summed E-state index contributed by atoms with van der Waals surface area (Å²) in [4.78, 5) is 41.7. The van der Waals surface area contributed by atoms with Gasteiger partial charge < -0.3 is 14.2 Å². The molecule has 3 aromatic rings. The number of nitrogens with zero attached hydrogens (tertiary/aromatic N) is 3. The molecule has 3 heterocycles. The molecule has 2 saturated heterocycles. The lowest BCUT2D eigenvalue weighted by Crippen LogP contribution is -2.42. The fraction of sp³-hybridized carbons (Fsp3) is 0.240. The van der Waals surface area contributed by atoms with Crippen LogP contribution < -0.4 is 0 Å². The lowest BCUT2D eigenvalue weighted by atomic mass is 10.1. The molecule has 0 saturated carbocycles. The molecule has 0 radical (unpaired) electrons. The molecule has 1 aromatic heterocycles. The number of aromatic nitrogens is 1. The number of amides is 3. The van der Waals surface area contributed by atoms with Crippen molar-refractivity contribution in [3.05, 3.63) is 75.0 Å². The SMILES string of the molecule is O=C(Cn1cc(/C=C2\SC(=O)N(Cc3ccc(F)cc3)C2=O)c2cc(Br)ccc21)N1CCOCC1. The van der Waals surface area contributed by atoms with Crippen molar-refractivity contribution < 1.29 is 23.5 Å². The molecule has 5 rings (SSSR count). The highest BCUT2D eigenvalue weighted by atomic mass is 79.9. The zero-order valence-electron chi connectivity index (χ0n) is 18.6. The first-order chi connectivity index (χ1) is 16.9. The Kier molecular flexibility index (Phi) is 6.77. The molecule has 0 N–H and O–H groups in total. The largest absolute Gasteiger partial charge is 0.378 e. The van der Waals surface area contributed by atoms with E-state index in [1.165, 1.54) is 12.1 Å². The van der Waals surface area contributed by atoms with Gasteiger partial charge in [0, 0.05) is 40.2 Å². The molecule has 7 nitrogen and oxygen atoms in total. The van der Waals surface area contributed by atoms with E-state index in [2.05, 4.69) is 15.9 Å². The Labute approximate surface area is 213 Å². The van der Waals surface area contributed by atoms with Crippen LogP contribution in [-0.4, -0.2) is 57.7 Å². The fourth-order valence-corrected chi connectivity index (χ4v) is 5.34. The number of halogens is 2. The molecular formula is C25H21BrFN3O4S. The van der Waals surface area contributed by atoms with Crippen LogP contribution in [0.5, 0.6) is 0 Å². The van der Waals surface area contributed by atoms with E-state index in [4.69, 9.17) is 4.74 Å². The Morgan fingerprint density at radius 3 is 2.60 bits per heavy atom. The Morgan fingerprint density at radius 1 is 1.11 bits per heavy atom. The minimum Gasteiger partial charge on any atom is -0.378 e. The van der Waals surface area contributed by atoms with Gasteiger partial charge in [0.15, 0.2) is 0 Å². The van der Waals surface area contributed by atoms with Crippen molar-refractivity contribution in [3.63, 3.8) is 0 Å². The van der Waals surface area contributed by atoms with E-state index in [9.17, 15) is 18.8 Å². The van der Waals surface area contributed by atoms with Gasteiger partial charge in [-0.15, -0.1) is 0 Å². The van der Waals surface area contributed by atoms with Crippen LogP contribution in [0.15, 0.2) is 58.0 Å². The van der Waals surface area contributed by atoms with Crippen LogP contribution in [0.1, 0.15) is 11.1 Å². The molecule has 0 bridgehead atoms. The molecule has 180 valence electrons. The number of fused-ring (bicyclic) bond motifs is 1. The van der Waals surface area contributed by atoms with Crippen molar-refractivity contribution in [1.29, 1.82) is 0 Å². The predicted octanol–water partition coefficient (Wildman–Crippen LogP) is 4.64. The third-order valence-electron chi connectivity index (χ3n) is 5.96. The maximum absolute atomic E-state index is 13.2. The number of benzene rings is 2. The van der Waals surface area contributed by atoms with E-state index in [-0.39, 0.29) is 30.1 Å². The topological polar surface area (TPSA) is 71.9 Å². The number of carbonyl (C=O) groups excluding carboxylic acids is 3. The van der Waals surface area contributed by atoms with Crippen LogP contribution >= 0.6 is 27.7 Å². The minimum absolute atomic E-state index is 0.000657. The summed E-state index contributed by atoms with van der Waals surface area (Å²) in [7, 11) is 0. The van der Waals surface area contributed by atoms with E-state index >= 15 is 0 Å². The highest BCUT2D eigenvalue weighted by molar-refractivity contribution is 9.10. The van der Waals surface area contributed by atoms with Crippen molar-refractivity contribution in [3.8, 4) is 0 Å². The predicted molar refractivity (Wildman–Crippen MR) is 135 cm³/mol. The average molecular weight is 558 g/mol. The molecule has 2 aliphatic rings. The van der Waals surface area contributed by atoms with Gasteiger partial charge in [-0.05, 0) is 53.7 Å². The smallest absolute Gasteiger partial charge is 0.293 e. The Bertz CT molecular complexity index is 1350. The van der Waals surface area contributed by atoms with Crippen LogP contribution in [0.3, 0.4) is 0 Å². The fourth-order valence-electron chi connectivity index (χ4n) is 4.15. The summed E-state index contributed by atoms with van der Waals surface area (Å²) in [5, 5.41) is 0.484. The van der Waals surface area contributed by atoms with Crippen molar-refractivity contribution in [2.75, 3.05) is 26.3 Å². The van der Waals surface area contributed by atoms with E-state index in [1.807, 2.05) is 29.0 Å². The summed E-state index contributed by atoms with van der Waals surface area (Å²) < 4.78 is 21.3. The van der Waals surface area contributed by atoms with Gasteiger partial charge in [0.1, 0.15) is 12.4 Å². The first-order valence-electron chi connectivity index (χ1n) is 11.0. The summed E-state index contributed by atoms with van der Waals surface area (Å²) in [6, 6.07) is 11.5.